The van der Waals surface area contributed by atoms with Gasteiger partial charge in [-0.3, -0.25) is 9.29 Å². The van der Waals surface area contributed by atoms with Crippen molar-refractivity contribution in [1.82, 2.24) is 25.2 Å². The Morgan fingerprint density at radius 2 is 1.80 bits per heavy atom. The fourth-order valence-electron chi connectivity index (χ4n) is 7.79. The standard InChI is InChI=1S/C33H32F2N6O.C2H6.CH3F/c1-2-22-24(34)10-8-20-6-3-7-23(26(20)22)29-28(35)30-27-25(37-29)11-9-21-18-36-14-17-41(21)31(27)39-32(38-30)42-19-33-12-4-15-40(33)16-5-13-33;2*1-2/h1,3,6-8,10,21,36H,4-5,9,11-19H2;1-2H3;1H3. The van der Waals surface area contributed by atoms with Crippen LogP contribution in [-0.4, -0.2) is 77.9 Å². The third kappa shape index (κ3) is 5.33. The molecule has 10 heteroatoms. The van der Waals surface area contributed by atoms with Gasteiger partial charge in [0.25, 0.3) is 0 Å². The molecule has 4 aliphatic rings. The van der Waals surface area contributed by atoms with E-state index < -0.39 is 11.6 Å². The number of aryl methyl sites for hydroxylation is 1. The van der Waals surface area contributed by atoms with Gasteiger partial charge in [-0.1, -0.05) is 44.0 Å². The van der Waals surface area contributed by atoms with Crippen molar-refractivity contribution in [3.05, 3.63) is 53.2 Å². The molecule has 2 aromatic carbocycles. The highest BCUT2D eigenvalue weighted by atomic mass is 19.1. The summed E-state index contributed by atoms with van der Waals surface area (Å²) in [6.45, 7) is 9.06. The molecule has 6 heterocycles. The minimum atomic E-state index is -0.572. The summed E-state index contributed by atoms with van der Waals surface area (Å²) in [6, 6.07) is 8.82. The van der Waals surface area contributed by atoms with Gasteiger partial charge in [-0.25, -0.2) is 13.8 Å². The van der Waals surface area contributed by atoms with Crippen molar-refractivity contribution < 1.29 is 17.9 Å². The molecular formula is C36H41F3N6O. The summed E-state index contributed by atoms with van der Waals surface area (Å²) in [5.41, 5.74) is 1.61. The molecule has 0 aliphatic carbocycles. The molecule has 7 nitrogen and oxygen atoms in total. The molecule has 3 fully saturated rings. The van der Waals surface area contributed by atoms with Gasteiger partial charge in [0.05, 0.1) is 29.4 Å². The number of terminal acetylenes is 1. The number of anilines is 1. The fraction of sp³-hybridized carbons (Fsp3) is 0.472. The number of piperazine rings is 1. The first-order chi connectivity index (χ1) is 22.6. The lowest BCUT2D eigenvalue weighted by Crippen LogP contribution is -2.51. The Bertz CT molecular complexity index is 1780. The molecular weight excluding hydrogens is 589 g/mol. The normalized spacial score (nSPS) is 19.7. The second kappa shape index (κ2) is 13.4. The summed E-state index contributed by atoms with van der Waals surface area (Å²) in [5.74, 6) is 2.08. The summed E-state index contributed by atoms with van der Waals surface area (Å²) in [6.07, 6.45) is 11.7. The van der Waals surface area contributed by atoms with Crippen molar-refractivity contribution in [2.45, 2.75) is 64.0 Å². The van der Waals surface area contributed by atoms with Gasteiger partial charge in [0, 0.05) is 36.6 Å². The SMILES string of the molecule is C#Cc1c(F)ccc2cccc(-c3nc4c5c(nc(OCC67CCCN6CCC7)nc5c3F)N3CCNCC3CC4)c12.CC.CF. The van der Waals surface area contributed by atoms with Gasteiger partial charge < -0.3 is 15.0 Å². The first-order valence-electron chi connectivity index (χ1n) is 16.4. The number of hydrogen-bond donors (Lipinski definition) is 1. The zero-order chi connectivity index (χ0) is 32.4. The monoisotopic (exact) mass is 630 g/mol. The number of ether oxygens (including phenoxy) is 1. The molecule has 0 spiro atoms. The highest BCUT2D eigenvalue weighted by molar-refractivity contribution is 6.02. The van der Waals surface area contributed by atoms with E-state index in [0.717, 1.165) is 75.9 Å². The minimum absolute atomic E-state index is 0.00970. The van der Waals surface area contributed by atoms with E-state index in [1.54, 1.807) is 12.1 Å². The summed E-state index contributed by atoms with van der Waals surface area (Å²) < 4.78 is 47.6. The van der Waals surface area contributed by atoms with E-state index in [1.165, 1.54) is 6.07 Å². The van der Waals surface area contributed by atoms with Crippen LogP contribution in [0.3, 0.4) is 0 Å². The lowest BCUT2D eigenvalue weighted by Gasteiger charge is -2.36. The van der Waals surface area contributed by atoms with Gasteiger partial charge in [-0.15, -0.1) is 6.42 Å². The lowest BCUT2D eigenvalue weighted by atomic mass is 9.95. The number of nitrogens with zero attached hydrogens (tertiary/aromatic N) is 5. The Hall–Kier alpha value is -3.94. The summed E-state index contributed by atoms with van der Waals surface area (Å²) in [7, 11) is 0.500. The molecule has 1 atom stereocenters. The predicted octanol–water partition coefficient (Wildman–Crippen LogP) is 6.45. The van der Waals surface area contributed by atoms with Crippen LogP contribution in [0.2, 0.25) is 0 Å². The number of aromatic nitrogens is 3. The first kappa shape index (κ1) is 32.0. The Labute approximate surface area is 268 Å². The quantitative estimate of drug-likeness (QED) is 0.260. The smallest absolute Gasteiger partial charge is 0.319 e. The molecule has 4 aliphatic heterocycles. The van der Waals surface area contributed by atoms with Gasteiger partial charge in [0.2, 0.25) is 0 Å². The molecule has 46 heavy (non-hydrogen) atoms. The van der Waals surface area contributed by atoms with Crippen molar-refractivity contribution in [1.29, 1.82) is 0 Å². The van der Waals surface area contributed by atoms with Crippen LogP contribution in [0.4, 0.5) is 19.0 Å². The molecule has 1 unspecified atom stereocenters. The third-order valence-corrected chi connectivity index (χ3v) is 9.83. The molecule has 3 saturated heterocycles. The first-order valence-corrected chi connectivity index (χ1v) is 16.4. The highest BCUT2D eigenvalue weighted by Crippen LogP contribution is 2.42. The molecule has 8 rings (SSSR count). The van der Waals surface area contributed by atoms with Crippen LogP contribution in [0.5, 0.6) is 6.01 Å². The zero-order valence-electron chi connectivity index (χ0n) is 26.8. The Balaban J connectivity index is 0.000000896. The molecule has 0 saturated carbocycles. The topological polar surface area (TPSA) is 66.4 Å². The maximum atomic E-state index is 16.8. The maximum absolute atomic E-state index is 16.8. The molecule has 0 amide bonds. The third-order valence-electron chi connectivity index (χ3n) is 9.83. The maximum Gasteiger partial charge on any atom is 0.319 e. The van der Waals surface area contributed by atoms with E-state index >= 15 is 4.39 Å². The van der Waals surface area contributed by atoms with Gasteiger partial charge in [-0.05, 0) is 63.1 Å². The van der Waals surface area contributed by atoms with Crippen LogP contribution in [0.1, 0.15) is 57.2 Å². The van der Waals surface area contributed by atoms with Gasteiger partial charge in [-0.2, -0.15) is 9.97 Å². The number of halogens is 3. The van der Waals surface area contributed by atoms with Crippen molar-refractivity contribution in [3.8, 4) is 29.6 Å². The summed E-state index contributed by atoms with van der Waals surface area (Å²) in [4.78, 5) is 19.4. The van der Waals surface area contributed by atoms with Gasteiger partial charge in [0.1, 0.15) is 29.5 Å². The summed E-state index contributed by atoms with van der Waals surface area (Å²) >= 11 is 0. The van der Waals surface area contributed by atoms with E-state index in [-0.39, 0.29) is 34.4 Å². The highest BCUT2D eigenvalue weighted by Gasteiger charge is 2.45. The number of alkyl halides is 1. The minimum Gasteiger partial charge on any atom is -0.461 e. The number of fused-ring (bicyclic) bond motifs is 4. The molecule has 4 aromatic rings. The van der Waals surface area contributed by atoms with E-state index in [9.17, 15) is 8.78 Å². The van der Waals surface area contributed by atoms with Crippen LogP contribution in [0.15, 0.2) is 30.3 Å². The number of hydrogen-bond acceptors (Lipinski definition) is 7. The van der Waals surface area contributed by atoms with Crippen LogP contribution in [0, 0.1) is 24.0 Å². The van der Waals surface area contributed by atoms with E-state index in [0.29, 0.717) is 42.4 Å². The molecule has 242 valence electrons. The zero-order valence-corrected chi connectivity index (χ0v) is 26.8. The molecule has 0 bridgehead atoms. The number of benzene rings is 2. The molecule has 2 aromatic heterocycles. The average molecular weight is 631 g/mol. The molecule has 0 radical (unpaired) electrons. The average Bonchev–Trinajstić information content (AvgIpc) is 3.65. The number of pyridine rings is 1. The lowest BCUT2D eigenvalue weighted by molar-refractivity contribution is 0.108. The van der Waals surface area contributed by atoms with Crippen molar-refractivity contribution >= 4 is 27.5 Å². The number of rotatable bonds is 4. The Kier molecular flexibility index (Phi) is 9.34. The number of nitrogens with one attached hydrogen (secondary N) is 1. The predicted molar refractivity (Wildman–Crippen MR) is 177 cm³/mol. The second-order valence-corrected chi connectivity index (χ2v) is 12.0. The summed E-state index contributed by atoms with van der Waals surface area (Å²) in [5, 5.41) is 5.32. The van der Waals surface area contributed by atoms with E-state index in [1.807, 2.05) is 26.0 Å². The Morgan fingerprint density at radius 3 is 2.57 bits per heavy atom. The molecule has 1 N–H and O–H groups in total. The van der Waals surface area contributed by atoms with Gasteiger partial charge in [0.15, 0.2) is 5.82 Å². The second-order valence-electron chi connectivity index (χ2n) is 12.0. The van der Waals surface area contributed by atoms with E-state index in [4.69, 9.17) is 26.1 Å². The van der Waals surface area contributed by atoms with Crippen molar-refractivity contribution in [2.75, 3.05) is 51.4 Å². The fourth-order valence-corrected chi connectivity index (χ4v) is 7.79. The van der Waals surface area contributed by atoms with Crippen molar-refractivity contribution in [2.24, 2.45) is 0 Å². The van der Waals surface area contributed by atoms with Crippen LogP contribution >= 0.6 is 0 Å². The van der Waals surface area contributed by atoms with Crippen LogP contribution < -0.4 is 15.0 Å². The van der Waals surface area contributed by atoms with Crippen LogP contribution in [0.25, 0.3) is 32.9 Å². The Morgan fingerprint density at radius 1 is 1.02 bits per heavy atom. The largest absolute Gasteiger partial charge is 0.461 e. The van der Waals surface area contributed by atoms with Crippen LogP contribution in [-0.2, 0) is 6.42 Å². The van der Waals surface area contributed by atoms with Gasteiger partial charge >= 0.3 is 6.01 Å². The van der Waals surface area contributed by atoms with Crippen molar-refractivity contribution in [3.63, 3.8) is 0 Å². The van der Waals surface area contributed by atoms with E-state index in [2.05, 4.69) is 21.0 Å².